The second-order valence-corrected chi connectivity index (χ2v) is 4.63. The van der Waals surface area contributed by atoms with Crippen LogP contribution in [-0.4, -0.2) is 34.0 Å². The van der Waals surface area contributed by atoms with Gasteiger partial charge in [0.15, 0.2) is 0 Å². The standard InChI is InChI=1S/C11H17NO3/c1-7(13)12-9-5-3-2-4-8(9)6-10(12)11(14)15/h8-10H,2-6H2,1H3,(H,14,15)/t8?,9?,10-/m0/s1. The SMILES string of the molecule is CC(=O)N1C2CCCCC2C[C@H]1C(=O)O. The molecule has 1 N–H and O–H groups in total. The molecule has 0 aromatic carbocycles. The Hall–Kier alpha value is -1.06. The van der Waals surface area contributed by atoms with E-state index in [2.05, 4.69) is 0 Å². The van der Waals surface area contributed by atoms with Crippen molar-refractivity contribution >= 4 is 11.9 Å². The maximum absolute atomic E-state index is 11.5. The van der Waals surface area contributed by atoms with Crippen LogP contribution in [0.2, 0.25) is 0 Å². The van der Waals surface area contributed by atoms with Crippen molar-refractivity contribution in [3.8, 4) is 0 Å². The van der Waals surface area contributed by atoms with Crippen LogP contribution in [0.1, 0.15) is 39.0 Å². The summed E-state index contributed by atoms with van der Waals surface area (Å²) in [6.45, 7) is 1.48. The lowest BCUT2D eigenvalue weighted by molar-refractivity contribution is -0.149. The number of rotatable bonds is 1. The molecule has 1 heterocycles. The van der Waals surface area contributed by atoms with E-state index in [4.69, 9.17) is 5.11 Å². The molecule has 1 aliphatic carbocycles. The minimum atomic E-state index is -0.848. The van der Waals surface area contributed by atoms with Crippen LogP contribution in [0.4, 0.5) is 0 Å². The van der Waals surface area contributed by atoms with Crippen molar-refractivity contribution in [2.75, 3.05) is 0 Å². The van der Waals surface area contributed by atoms with E-state index in [1.54, 1.807) is 4.90 Å². The zero-order valence-corrected chi connectivity index (χ0v) is 8.98. The third-order valence-corrected chi connectivity index (χ3v) is 3.74. The van der Waals surface area contributed by atoms with E-state index in [1.807, 2.05) is 0 Å². The van der Waals surface area contributed by atoms with Gasteiger partial charge in [-0.2, -0.15) is 0 Å². The molecular weight excluding hydrogens is 194 g/mol. The normalized spacial score (nSPS) is 35.0. The summed E-state index contributed by atoms with van der Waals surface area (Å²) in [5.41, 5.74) is 0. The van der Waals surface area contributed by atoms with Gasteiger partial charge >= 0.3 is 5.97 Å². The van der Waals surface area contributed by atoms with Crippen molar-refractivity contribution in [2.45, 2.75) is 51.1 Å². The van der Waals surface area contributed by atoms with E-state index < -0.39 is 12.0 Å². The summed E-state index contributed by atoms with van der Waals surface area (Å²) in [5.74, 6) is -0.514. The van der Waals surface area contributed by atoms with Gasteiger partial charge in [-0.3, -0.25) is 4.79 Å². The number of aliphatic carboxylic acids is 1. The molecule has 2 aliphatic rings. The highest BCUT2D eigenvalue weighted by atomic mass is 16.4. The van der Waals surface area contributed by atoms with Crippen LogP contribution in [0.5, 0.6) is 0 Å². The Morgan fingerprint density at radius 1 is 1.27 bits per heavy atom. The second-order valence-electron chi connectivity index (χ2n) is 4.63. The molecule has 15 heavy (non-hydrogen) atoms. The highest BCUT2D eigenvalue weighted by Gasteiger charge is 2.46. The molecule has 2 unspecified atom stereocenters. The molecule has 0 spiro atoms. The number of carbonyl (C=O) groups excluding carboxylic acids is 1. The molecule has 3 atom stereocenters. The summed E-state index contributed by atoms with van der Waals surface area (Å²) in [5, 5.41) is 9.09. The van der Waals surface area contributed by atoms with Crippen molar-refractivity contribution in [1.29, 1.82) is 0 Å². The maximum Gasteiger partial charge on any atom is 0.326 e. The lowest BCUT2D eigenvalue weighted by atomic mass is 9.85. The number of nitrogens with zero attached hydrogens (tertiary/aromatic N) is 1. The van der Waals surface area contributed by atoms with Crippen molar-refractivity contribution in [3.63, 3.8) is 0 Å². The van der Waals surface area contributed by atoms with Gasteiger partial charge in [0, 0.05) is 13.0 Å². The topological polar surface area (TPSA) is 57.6 Å². The van der Waals surface area contributed by atoms with Gasteiger partial charge in [-0.05, 0) is 25.2 Å². The summed E-state index contributed by atoms with van der Waals surface area (Å²) in [7, 11) is 0. The van der Waals surface area contributed by atoms with Crippen LogP contribution in [0.25, 0.3) is 0 Å². The lowest BCUT2D eigenvalue weighted by Crippen LogP contribution is -2.45. The Bertz CT molecular complexity index is 290. The molecule has 0 aromatic heterocycles. The van der Waals surface area contributed by atoms with Crippen molar-refractivity contribution in [3.05, 3.63) is 0 Å². The fourth-order valence-electron chi connectivity index (χ4n) is 3.13. The predicted octanol–water partition coefficient (Wildman–Crippen LogP) is 1.25. The summed E-state index contributed by atoms with van der Waals surface area (Å²) in [6, 6.07) is -0.382. The van der Waals surface area contributed by atoms with E-state index in [1.165, 1.54) is 13.3 Å². The first-order valence-corrected chi connectivity index (χ1v) is 5.63. The number of hydrogen-bond donors (Lipinski definition) is 1. The molecule has 4 heteroatoms. The summed E-state index contributed by atoms with van der Waals surface area (Å²) >= 11 is 0. The molecule has 1 saturated heterocycles. The molecule has 0 bridgehead atoms. The zero-order valence-electron chi connectivity index (χ0n) is 8.98. The molecule has 2 rings (SSSR count). The number of hydrogen-bond acceptors (Lipinski definition) is 2. The molecule has 1 amide bonds. The molecule has 2 fully saturated rings. The first-order valence-electron chi connectivity index (χ1n) is 5.63. The second kappa shape index (κ2) is 3.83. The van der Waals surface area contributed by atoms with Crippen LogP contribution < -0.4 is 0 Å². The third-order valence-electron chi connectivity index (χ3n) is 3.74. The number of fused-ring (bicyclic) bond motifs is 1. The van der Waals surface area contributed by atoms with Gasteiger partial charge in [0.25, 0.3) is 0 Å². The Labute approximate surface area is 89.3 Å². The van der Waals surface area contributed by atoms with Gasteiger partial charge in [0.1, 0.15) is 6.04 Å². The minimum absolute atomic E-state index is 0.0863. The summed E-state index contributed by atoms with van der Waals surface area (Å²) in [4.78, 5) is 24.1. The van der Waals surface area contributed by atoms with Gasteiger partial charge in [0.05, 0.1) is 0 Å². The van der Waals surface area contributed by atoms with Gasteiger partial charge in [0.2, 0.25) is 5.91 Å². The van der Waals surface area contributed by atoms with Crippen LogP contribution >= 0.6 is 0 Å². The summed E-state index contributed by atoms with van der Waals surface area (Å²) < 4.78 is 0. The lowest BCUT2D eigenvalue weighted by Gasteiger charge is -2.32. The largest absolute Gasteiger partial charge is 0.480 e. The molecule has 1 saturated carbocycles. The van der Waals surface area contributed by atoms with E-state index in [0.29, 0.717) is 12.3 Å². The Morgan fingerprint density at radius 3 is 2.53 bits per heavy atom. The van der Waals surface area contributed by atoms with Crippen molar-refractivity contribution in [2.24, 2.45) is 5.92 Å². The summed E-state index contributed by atoms with van der Waals surface area (Å²) in [6.07, 6.45) is 5.02. The quantitative estimate of drug-likeness (QED) is 0.710. The fourth-order valence-corrected chi connectivity index (χ4v) is 3.13. The number of amides is 1. The van der Waals surface area contributed by atoms with Gasteiger partial charge in [-0.15, -0.1) is 0 Å². The van der Waals surface area contributed by atoms with Gasteiger partial charge in [-0.25, -0.2) is 4.79 Å². The predicted molar refractivity (Wildman–Crippen MR) is 54.3 cm³/mol. The maximum atomic E-state index is 11.5. The minimum Gasteiger partial charge on any atom is -0.480 e. The smallest absolute Gasteiger partial charge is 0.326 e. The monoisotopic (exact) mass is 211 g/mol. The molecule has 1 aliphatic heterocycles. The van der Waals surface area contributed by atoms with Crippen LogP contribution in [-0.2, 0) is 9.59 Å². The molecule has 0 radical (unpaired) electrons. The van der Waals surface area contributed by atoms with E-state index in [9.17, 15) is 9.59 Å². The van der Waals surface area contributed by atoms with Gasteiger partial charge < -0.3 is 10.0 Å². The Morgan fingerprint density at radius 2 is 1.93 bits per heavy atom. The number of carboxylic acid groups (broad SMARTS) is 1. The molecule has 84 valence electrons. The average molecular weight is 211 g/mol. The van der Waals surface area contributed by atoms with Crippen molar-refractivity contribution < 1.29 is 14.7 Å². The molecule has 4 nitrogen and oxygen atoms in total. The van der Waals surface area contributed by atoms with E-state index in [0.717, 1.165) is 19.3 Å². The van der Waals surface area contributed by atoms with Crippen LogP contribution in [0.15, 0.2) is 0 Å². The number of carbonyl (C=O) groups is 2. The van der Waals surface area contributed by atoms with E-state index in [-0.39, 0.29) is 11.9 Å². The highest BCUT2D eigenvalue weighted by Crippen LogP contribution is 2.39. The Kier molecular flexibility index (Phi) is 2.67. The van der Waals surface area contributed by atoms with Crippen molar-refractivity contribution in [1.82, 2.24) is 4.90 Å². The highest BCUT2D eigenvalue weighted by molar-refractivity contribution is 5.83. The average Bonchev–Trinajstić information content (AvgIpc) is 2.56. The van der Waals surface area contributed by atoms with E-state index >= 15 is 0 Å². The van der Waals surface area contributed by atoms with Crippen LogP contribution in [0.3, 0.4) is 0 Å². The zero-order chi connectivity index (χ0) is 11.0. The van der Waals surface area contributed by atoms with Gasteiger partial charge in [-0.1, -0.05) is 12.8 Å². The van der Waals surface area contributed by atoms with Crippen LogP contribution in [0, 0.1) is 5.92 Å². The first-order chi connectivity index (χ1) is 7.11. The fraction of sp³-hybridized carbons (Fsp3) is 0.818. The molecule has 0 aromatic rings. The number of likely N-dealkylation sites (tertiary alicyclic amines) is 1. The first kappa shape index (κ1) is 10.5. The molecular formula is C11H17NO3. The third kappa shape index (κ3) is 1.73. The Balaban J connectivity index is 2.21. The number of carboxylic acids is 1.